The summed E-state index contributed by atoms with van der Waals surface area (Å²) in [6.45, 7) is 2.97. The van der Waals surface area contributed by atoms with Crippen LogP contribution in [0.15, 0.2) is 55.1 Å². The first kappa shape index (κ1) is 15.7. The Bertz CT molecular complexity index is 809. The fraction of sp³-hybridized carbons (Fsp3) is 0.167. The Kier molecular flexibility index (Phi) is 4.86. The summed E-state index contributed by atoms with van der Waals surface area (Å²) in [5.74, 6) is 1.22. The summed E-state index contributed by atoms with van der Waals surface area (Å²) in [7, 11) is 0. The van der Waals surface area contributed by atoms with Crippen molar-refractivity contribution in [3.05, 3.63) is 60.7 Å². The highest BCUT2D eigenvalue weighted by Crippen LogP contribution is 2.31. The van der Waals surface area contributed by atoms with Crippen LogP contribution in [0, 0.1) is 0 Å². The summed E-state index contributed by atoms with van der Waals surface area (Å²) in [6.07, 6.45) is 6.89. The second kappa shape index (κ2) is 7.41. The Balaban J connectivity index is 1.79. The van der Waals surface area contributed by atoms with E-state index in [1.54, 1.807) is 43.0 Å². The highest BCUT2D eigenvalue weighted by atomic mass is 16.5. The van der Waals surface area contributed by atoms with Gasteiger partial charge in [0.15, 0.2) is 11.5 Å². The minimum absolute atomic E-state index is 0.111. The quantitative estimate of drug-likeness (QED) is 0.725. The Hall–Kier alpha value is -3.15. The molecule has 0 aliphatic heterocycles. The van der Waals surface area contributed by atoms with Crippen molar-refractivity contribution >= 4 is 5.82 Å². The number of aromatic hydroxyl groups is 1. The van der Waals surface area contributed by atoms with Gasteiger partial charge in [0, 0.05) is 24.5 Å². The van der Waals surface area contributed by atoms with Gasteiger partial charge in [-0.25, -0.2) is 4.98 Å². The average molecular weight is 322 g/mol. The maximum absolute atomic E-state index is 9.80. The standard InChI is InChI=1S/C18H18N4O2/c1-2-24-17-8-14(5-6-16(17)23)15-11-20-12-18(22-15)21-10-13-4-3-7-19-9-13/h3-9,11-12,23H,2,10H2,1H3,(H,21,22). The van der Waals surface area contributed by atoms with Gasteiger partial charge >= 0.3 is 0 Å². The number of benzene rings is 1. The van der Waals surface area contributed by atoms with Crippen LogP contribution in [0.25, 0.3) is 11.3 Å². The maximum atomic E-state index is 9.80. The molecular formula is C18H18N4O2. The van der Waals surface area contributed by atoms with Crippen molar-refractivity contribution in [2.24, 2.45) is 0 Å². The number of nitrogens with one attached hydrogen (secondary N) is 1. The smallest absolute Gasteiger partial charge is 0.161 e. The number of ether oxygens (including phenoxy) is 1. The second-order valence-corrected chi connectivity index (χ2v) is 5.12. The normalized spacial score (nSPS) is 10.4. The van der Waals surface area contributed by atoms with Gasteiger partial charge in [0.25, 0.3) is 0 Å². The van der Waals surface area contributed by atoms with E-state index in [0.717, 1.165) is 11.1 Å². The minimum Gasteiger partial charge on any atom is -0.504 e. The Morgan fingerprint density at radius 3 is 2.83 bits per heavy atom. The molecule has 0 aliphatic carbocycles. The molecule has 0 saturated carbocycles. The molecule has 0 fully saturated rings. The van der Waals surface area contributed by atoms with Gasteiger partial charge in [-0.15, -0.1) is 0 Å². The molecule has 0 saturated heterocycles. The first-order valence-electron chi connectivity index (χ1n) is 7.67. The molecular weight excluding hydrogens is 304 g/mol. The fourth-order valence-corrected chi connectivity index (χ4v) is 2.23. The molecule has 3 aromatic rings. The number of hydrogen-bond acceptors (Lipinski definition) is 6. The van der Waals surface area contributed by atoms with Crippen LogP contribution >= 0.6 is 0 Å². The van der Waals surface area contributed by atoms with Gasteiger partial charge in [-0.1, -0.05) is 6.07 Å². The monoisotopic (exact) mass is 322 g/mol. The average Bonchev–Trinajstić information content (AvgIpc) is 2.63. The van der Waals surface area contributed by atoms with Gasteiger partial charge in [0.05, 0.1) is 24.7 Å². The van der Waals surface area contributed by atoms with E-state index in [1.165, 1.54) is 0 Å². The van der Waals surface area contributed by atoms with Crippen LogP contribution in [0.4, 0.5) is 5.82 Å². The van der Waals surface area contributed by atoms with Gasteiger partial charge in [-0.2, -0.15) is 0 Å². The third-order valence-corrected chi connectivity index (χ3v) is 3.39. The molecule has 0 atom stereocenters. The predicted octanol–water partition coefficient (Wildman–Crippen LogP) is 3.26. The molecule has 122 valence electrons. The number of rotatable bonds is 6. The van der Waals surface area contributed by atoms with Crippen LogP contribution in [0.2, 0.25) is 0 Å². The molecule has 6 nitrogen and oxygen atoms in total. The summed E-state index contributed by atoms with van der Waals surface area (Å²) in [5.41, 5.74) is 2.59. The van der Waals surface area contributed by atoms with E-state index in [1.807, 2.05) is 19.1 Å². The number of nitrogens with zero attached hydrogens (tertiary/aromatic N) is 3. The molecule has 24 heavy (non-hydrogen) atoms. The Morgan fingerprint density at radius 1 is 1.12 bits per heavy atom. The van der Waals surface area contributed by atoms with E-state index in [-0.39, 0.29) is 5.75 Å². The van der Waals surface area contributed by atoms with Crippen LogP contribution < -0.4 is 10.1 Å². The SMILES string of the molecule is CCOc1cc(-c2cncc(NCc3cccnc3)n2)ccc1O. The Morgan fingerprint density at radius 2 is 2.04 bits per heavy atom. The molecule has 2 heterocycles. The molecule has 2 N–H and O–H groups in total. The van der Waals surface area contributed by atoms with Crippen molar-refractivity contribution in [2.75, 3.05) is 11.9 Å². The van der Waals surface area contributed by atoms with Crippen LogP contribution in [-0.4, -0.2) is 26.7 Å². The van der Waals surface area contributed by atoms with Crippen molar-refractivity contribution in [1.29, 1.82) is 0 Å². The molecule has 2 aromatic heterocycles. The van der Waals surface area contributed by atoms with Gasteiger partial charge < -0.3 is 15.2 Å². The summed E-state index contributed by atoms with van der Waals surface area (Å²) < 4.78 is 5.41. The largest absolute Gasteiger partial charge is 0.504 e. The number of phenolic OH excluding ortho intramolecular Hbond substituents is 1. The first-order valence-corrected chi connectivity index (χ1v) is 7.67. The van der Waals surface area contributed by atoms with Gasteiger partial charge in [-0.3, -0.25) is 9.97 Å². The number of phenols is 1. The van der Waals surface area contributed by atoms with Crippen LogP contribution in [0.3, 0.4) is 0 Å². The van der Waals surface area contributed by atoms with E-state index in [4.69, 9.17) is 4.74 Å². The summed E-state index contributed by atoms with van der Waals surface area (Å²) in [5, 5.41) is 13.0. The van der Waals surface area contributed by atoms with Gasteiger partial charge in [0.2, 0.25) is 0 Å². The predicted molar refractivity (Wildman–Crippen MR) is 91.9 cm³/mol. The minimum atomic E-state index is 0.111. The highest BCUT2D eigenvalue weighted by Gasteiger charge is 2.07. The van der Waals surface area contributed by atoms with Crippen molar-refractivity contribution in [3.8, 4) is 22.8 Å². The topological polar surface area (TPSA) is 80.2 Å². The lowest BCUT2D eigenvalue weighted by Crippen LogP contribution is -2.02. The molecule has 1 aromatic carbocycles. The van der Waals surface area contributed by atoms with E-state index in [0.29, 0.717) is 30.4 Å². The summed E-state index contributed by atoms with van der Waals surface area (Å²) in [4.78, 5) is 12.9. The molecule has 0 bridgehead atoms. The zero-order valence-corrected chi connectivity index (χ0v) is 13.3. The lowest BCUT2D eigenvalue weighted by atomic mass is 10.1. The second-order valence-electron chi connectivity index (χ2n) is 5.12. The van der Waals surface area contributed by atoms with E-state index >= 15 is 0 Å². The highest BCUT2D eigenvalue weighted by molar-refractivity contribution is 5.64. The van der Waals surface area contributed by atoms with Crippen molar-refractivity contribution in [1.82, 2.24) is 15.0 Å². The van der Waals surface area contributed by atoms with Crippen molar-refractivity contribution in [2.45, 2.75) is 13.5 Å². The van der Waals surface area contributed by atoms with Crippen LogP contribution in [-0.2, 0) is 6.54 Å². The number of pyridine rings is 1. The number of anilines is 1. The zero-order valence-electron chi connectivity index (χ0n) is 13.3. The van der Waals surface area contributed by atoms with E-state index in [2.05, 4.69) is 20.3 Å². The zero-order chi connectivity index (χ0) is 16.8. The molecule has 6 heteroatoms. The maximum Gasteiger partial charge on any atom is 0.161 e. The molecule has 0 unspecified atom stereocenters. The van der Waals surface area contributed by atoms with Crippen molar-refractivity contribution in [3.63, 3.8) is 0 Å². The molecule has 0 spiro atoms. The first-order chi connectivity index (χ1) is 11.8. The van der Waals surface area contributed by atoms with E-state index in [9.17, 15) is 5.11 Å². The van der Waals surface area contributed by atoms with Crippen LogP contribution in [0.1, 0.15) is 12.5 Å². The Labute approximate surface area is 140 Å². The lowest BCUT2D eigenvalue weighted by molar-refractivity contribution is 0.318. The molecule has 3 rings (SSSR count). The summed E-state index contributed by atoms with van der Waals surface area (Å²) in [6, 6.07) is 9.02. The third-order valence-electron chi connectivity index (χ3n) is 3.39. The van der Waals surface area contributed by atoms with Gasteiger partial charge in [0.1, 0.15) is 5.82 Å². The number of hydrogen-bond donors (Lipinski definition) is 2. The molecule has 0 radical (unpaired) electrons. The third kappa shape index (κ3) is 3.78. The fourth-order valence-electron chi connectivity index (χ4n) is 2.23. The van der Waals surface area contributed by atoms with Gasteiger partial charge in [-0.05, 0) is 36.8 Å². The van der Waals surface area contributed by atoms with Crippen molar-refractivity contribution < 1.29 is 9.84 Å². The number of aromatic nitrogens is 3. The van der Waals surface area contributed by atoms with E-state index < -0.39 is 0 Å². The molecule has 0 aliphatic rings. The summed E-state index contributed by atoms with van der Waals surface area (Å²) >= 11 is 0. The lowest BCUT2D eigenvalue weighted by Gasteiger charge is -2.09. The van der Waals surface area contributed by atoms with Crippen LogP contribution in [0.5, 0.6) is 11.5 Å². The molecule has 0 amide bonds.